The van der Waals surface area contributed by atoms with Crippen molar-refractivity contribution < 1.29 is 9.53 Å². The van der Waals surface area contributed by atoms with Crippen molar-refractivity contribution in [3.05, 3.63) is 50.1 Å². The van der Waals surface area contributed by atoms with Crippen LogP contribution in [0, 0.1) is 17.2 Å². The van der Waals surface area contributed by atoms with Crippen LogP contribution in [0.25, 0.3) is 0 Å². The summed E-state index contributed by atoms with van der Waals surface area (Å²) in [5.41, 5.74) is 1.71. The Balaban J connectivity index is 1.38. The lowest BCUT2D eigenvalue weighted by Crippen LogP contribution is -2.15. The van der Waals surface area contributed by atoms with Crippen molar-refractivity contribution in [2.75, 3.05) is 11.1 Å². The van der Waals surface area contributed by atoms with Gasteiger partial charge in [0.05, 0.1) is 16.3 Å². The number of hydrogen-bond donors (Lipinski definition) is 1. The van der Waals surface area contributed by atoms with E-state index in [1.807, 2.05) is 14.0 Å². The number of nitrogens with zero attached hydrogens (tertiary/aromatic N) is 4. The smallest absolute Gasteiger partial charge is 0.235 e. The monoisotopic (exact) mass is 535 g/mol. The van der Waals surface area contributed by atoms with E-state index in [2.05, 4.69) is 28.5 Å². The van der Waals surface area contributed by atoms with Gasteiger partial charge in [-0.25, -0.2) is 0 Å². The van der Waals surface area contributed by atoms with E-state index in [0.29, 0.717) is 43.3 Å². The zero-order chi connectivity index (χ0) is 24.4. The fourth-order valence-electron chi connectivity index (χ4n) is 3.87. The molecule has 0 radical (unpaired) electrons. The SMILES string of the molecule is CC1CCc2c(sc(NC(=O)CSc3nnc(C(C)Oc4ccc(Cl)cc4Cl)n3C)c2C#N)C1. The topological polar surface area (TPSA) is 92.8 Å². The van der Waals surface area contributed by atoms with E-state index in [0.717, 1.165) is 24.8 Å². The van der Waals surface area contributed by atoms with Crippen LogP contribution in [0.4, 0.5) is 5.00 Å². The van der Waals surface area contributed by atoms with E-state index < -0.39 is 6.10 Å². The van der Waals surface area contributed by atoms with Crippen LogP contribution in [0.1, 0.15) is 48.2 Å². The van der Waals surface area contributed by atoms with Gasteiger partial charge in [-0.05, 0) is 55.9 Å². The van der Waals surface area contributed by atoms with Crippen LogP contribution in [0.5, 0.6) is 5.75 Å². The lowest BCUT2D eigenvalue weighted by Gasteiger charge is -2.17. The highest BCUT2D eigenvalue weighted by atomic mass is 35.5. The Morgan fingerprint density at radius 1 is 1.44 bits per heavy atom. The molecule has 1 N–H and O–H groups in total. The fourth-order valence-corrected chi connectivity index (χ4v) is 6.42. The highest BCUT2D eigenvalue weighted by Crippen LogP contribution is 2.39. The van der Waals surface area contributed by atoms with Gasteiger partial charge in [0.15, 0.2) is 17.1 Å². The van der Waals surface area contributed by atoms with Crippen LogP contribution in [0.15, 0.2) is 23.4 Å². The number of carbonyl (C=O) groups is 1. The molecule has 0 saturated carbocycles. The first-order valence-corrected chi connectivity index (χ1v) is 13.3. The second kappa shape index (κ2) is 10.6. The third-order valence-corrected chi connectivity index (χ3v) is 8.36. The molecule has 0 fully saturated rings. The minimum absolute atomic E-state index is 0.147. The van der Waals surface area contributed by atoms with Gasteiger partial charge < -0.3 is 14.6 Å². The summed E-state index contributed by atoms with van der Waals surface area (Å²) in [5, 5.41) is 23.2. The van der Waals surface area contributed by atoms with Gasteiger partial charge in [0, 0.05) is 16.9 Å². The van der Waals surface area contributed by atoms with E-state index in [4.69, 9.17) is 27.9 Å². The van der Waals surface area contributed by atoms with Crippen LogP contribution >= 0.6 is 46.3 Å². The molecule has 178 valence electrons. The summed E-state index contributed by atoms with van der Waals surface area (Å²) < 4.78 is 7.72. The summed E-state index contributed by atoms with van der Waals surface area (Å²) in [6, 6.07) is 7.30. The maximum absolute atomic E-state index is 12.6. The summed E-state index contributed by atoms with van der Waals surface area (Å²) in [4.78, 5) is 13.9. The number of amides is 1. The molecule has 0 bridgehead atoms. The first-order valence-electron chi connectivity index (χ1n) is 10.7. The number of ether oxygens (including phenoxy) is 1. The van der Waals surface area contributed by atoms with Crippen molar-refractivity contribution in [3.63, 3.8) is 0 Å². The summed E-state index contributed by atoms with van der Waals surface area (Å²) in [6.07, 6.45) is 2.51. The molecule has 0 saturated heterocycles. The summed E-state index contributed by atoms with van der Waals surface area (Å²) >= 11 is 14.9. The van der Waals surface area contributed by atoms with Gasteiger partial charge in [0.1, 0.15) is 16.8 Å². The second-order valence-corrected chi connectivity index (χ2v) is 11.1. The highest BCUT2D eigenvalue weighted by molar-refractivity contribution is 7.99. The fraction of sp³-hybridized carbons (Fsp3) is 0.391. The van der Waals surface area contributed by atoms with Crippen molar-refractivity contribution in [1.82, 2.24) is 14.8 Å². The van der Waals surface area contributed by atoms with Gasteiger partial charge in [0.2, 0.25) is 5.91 Å². The third kappa shape index (κ3) is 5.36. The predicted molar refractivity (Wildman–Crippen MR) is 136 cm³/mol. The zero-order valence-corrected chi connectivity index (χ0v) is 22.0. The maximum atomic E-state index is 12.6. The number of fused-ring (bicyclic) bond motifs is 1. The number of anilines is 1. The Hall–Kier alpha value is -2.25. The summed E-state index contributed by atoms with van der Waals surface area (Å²) in [6.45, 7) is 4.06. The number of hydrogen-bond acceptors (Lipinski definition) is 7. The first-order chi connectivity index (χ1) is 16.3. The molecule has 1 aromatic carbocycles. The number of rotatable bonds is 7. The van der Waals surface area contributed by atoms with Gasteiger partial charge in [-0.1, -0.05) is 41.9 Å². The Morgan fingerprint density at radius 3 is 2.97 bits per heavy atom. The lowest BCUT2D eigenvalue weighted by molar-refractivity contribution is -0.113. The molecular weight excluding hydrogens is 513 g/mol. The predicted octanol–water partition coefficient (Wildman–Crippen LogP) is 6.05. The minimum Gasteiger partial charge on any atom is -0.481 e. The second-order valence-electron chi connectivity index (χ2n) is 8.24. The number of thioether (sulfide) groups is 1. The van der Waals surface area contributed by atoms with Crippen LogP contribution in [-0.4, -0.2) is 26.4 Å². The molecule has 2 heterocycles. The number of thiophene rings is 1. The van der Waals surface area contributed by atoms with Crippen LogP contribution in [0.2, 0.25) is 10.0 Å². The van der Waals surface area contributed by atoms with E-state index >= 15 is 0 Å². The van der Waals surface area contributed by atoms with Crippen LogP contribution in [-0.2, 0) is 24.7 Å². The zero-order valence-electron chi connectivity index (χ0n) is 18.9. The van der Waals surface area contributed by atoms with Gasteiger partial charge >= 0.3 is 0 Å². The number of aromatic nitrogens is 3. The quantitative estimate of drug-likeness (QED) is 0.370. The van der Waals surface area contributed by atoms with Gasteiger partial charge in [-0.15, -0.1) is 21.5 Å². The van der Waals surface area contributed by atoms with Crippen LogP contribution < -0.4 is 10.1 Å². The van der Waals surface area contributed by atoms with Gasteiger partial charge in [-0.3, -0.25) is 4.79 Å². The largest absolute Gasteiger partial charge is 0.481 e. The average Bonchev–Trinajstić information content (AvgIpc) is 3.32. The molecule has 1 aliphatic rings. The number of benzene rings is 1. The number of nitriles is 1. The van der Waals surface area contributed by atoms with Crippen molar-refractivity contribution in [2.45, 2.75) is 44.4 Å². The summed E-state index contributed by atoms with van der Waals surface area (Å²) in [5.74, 6) is 1.66. The van der Waals surface area contributed by atoms with Gasteiger partial charge in [-0.2, -0.15) is 5.26 Å². The molecule has 2 atom stereocenters. The maximum Gasteiger partial charge on any atom is 0.235 e. The molecule has 11 heteroatoms. The van der Waals surface area contributed by atoms with Crippen molar-refractivity contribution in [2.24, 2.45) is 13.0 Å². The standard InChI is InChI=1S/C23H23Cl2N5O2S2/c1-12-4-6-15-16(10-26)22(34-19(15)8-12)27-20(31)11-33-23-29-28-21(30(23)3)13(2)32-18-7-5-14(24)9-17(18)25/h5,7,9,12-13H,4,6,8,11H2,1-3H3,(H,27,31). The van der Waals surface area contributed by atoms with E-state index in [1.54, 1.807) is 22.8 Å². The minimum atomic E-state index is -0.419. The molecule has 3 aromatic rings. The average molecular weight is 537 g/mol. The number of nitrogens with one attached hydrogen (secondary N) is 1. The molecule has 34 heavy (non-hydrogen) atoms. The molecule has 7 nitrogen and oxygen atoms in total. The van der Waals surface area contributed by atoms with Crippen LogP contribution in [0.3, 0.4) is 0 Å². The Kier molecular flexibility index (Phi) is 7.73. The molecule has 1 aliphatic carbocycles. The lowest BCUT2D eigenvalue weighted by atomic mass is 9.89. The highest BCUT2D eigenvalue weighted by Gasteiger charge is 2.25. The molecule has 1 amide bonds. The van der Waals surface area contributed by atoms with Gasteiger partial charge in [0.25, 0.3) is 0 Å². The first kappa shape index (κ1) is 24.9. The van der Waals surface area contributed by atoms with E-state index in [1.165, 1.54) is 28.0 Å². The molecule has 0 spiro atoms. The van der Waals surface area contributed by atoms with Crippen molar-refractivity contribution >= 4 is 57.2 Å². The Bertz CT molecular complexity index is 1270. The molecule has 4 rings (SSSR count). The van der Waals surface area contributed by atoms with Crippen molar-refractivity contribution in [3.8, 4) is 11.8 Å². The van der Waals surface area contributed by atoms with Crippen molar-refractivity contribution in [1.29, 1.82) is 5.26 Å². The number of halogens is 2. The normalized spacial score (nSPS) is 15.9. The van der Waals surface area contributed by atoms with E-state index in [-0.39, 0.29) is 11.7 Å². The molecular formula is C23H23Cl2N5O2S2. The number of carbonyl (C=O) groups excluding carboxylic acids is 1. The molecule has 0 aliphatic heterocycles. The molecule has 2 unspecified atom stereocenters. The molecule has 2 aromatic heterocycles. The van der Waals surface area contributed by atoms with E-state index in [9.17, 15) is 10.1 Å². The third-order valence-electron chi connectivity index (χ3n) is 5.64. The Morgan fingerprint density at radius 2 is 2.24 bits per heavy atom. The summed E-state index contributed by atoms with van der Waals surface area (Å²) in [7, 11) is 1.82. The Labute approximate surface area is 216 Å².